The Bertz CT molecular complexity index is 278. The number of unbranched alkanes of at least 4 members (excludes halogenated alkanes) is 1. The van der Waals surface area contributed by atoms with E-state index in [1.165, 1.54) is 6.42 Å². The van der Waals surface area contributed by atoms with Crippen molar-refractivity contribution in [2.75, 3.05) is 18.0 Å². The first-order valence-corrected chi connectivity index (χ1v) is 5.38. The number of hydrogen-bond donors (Lipinski definition) is 0. The molecule has 0 atom stereocenters. The average molecular weight is 214 g/mol. The number of nitrogens with zero attached hydrogens (tertiary/aromatic N) is 3. The maximum atomic E-state index is 5.96. The second kappa shape index (κ2) is 5.81. The summed E-state index contributed by atoms with van der Waals surface area (Å²) in [6.45, 7) is 6.18. The van der Waals surface area contributed by atoms with Crippen molar-refractivity contribution in [3.05, 3.63) is 17.5 Å². The van der Waals surface area contributed by atoms with Gasteiger partial charge in [-0.1, -0.05) is 24.9 Å². The normalized spacial score (nSPS) is 10.2. The molecule has 0 fully saturated rings. The molecule has 1 heterocycles. The maximum Gasteiger partial charge on any atom is 0.171 e. The first kappa shape index (κ1) is 11.2. The van der Waals surface area contributed by atoms with Gasteiger partial charge in [0.05, 0.1) is 0 Å². The minimum Gasteiger partial charge on any atom is -0.354 e. The largest absolute Gasteiger partial charge is 0.354 e. The first-order valence-electron chi connectivity index (χ1n) is 5.01. The van der Waals surface area contributed by atoms with Crippen LogP contribution in [0.15, 0.2) is 12.4 Å². The van der Waals surface area contributed by atoms with Crippen LogP contribution < -0.4 is 4.90 Å². The van der Waals surface area contributed by atoms with Gasteiger partial charge in [0, 0.05) is 25.5 Å². The van der Waals surface area contributed by atoms with E-state index in [0.29, 0.717) is 5.15 Å². The fraction of sp³-hybridized carbons (Fsp3) is 0.600. The summed E-state index contributed by atoms with van der Waals surface area (Å²) in [5.74, 6) is 0.796. The predicted molar refractivity (Wildman–Crippen MR) is 59.8 cm³/mol. The summed E-state index contributed by atoms with van der Waals surface area (Å²) in [5.41, 5.74) is 0. The van der Waals surface area contributed by atoms with Crippen molar-refractivity contribution in [1.82, 2.24) is 9.97 Å². The van der Waals surface area contributed by atoms with Crippen LogP contribution in [0, 0.1) is 0 Å². The third kappa shape index (κ3) is 2.84. The van der Waals surface area contributed by atoms with Crippen LogP contribution in [0.5, 0.6) is 0 Å². The lowest BCUT2D eigenvalue weighted by Gasteiger charge is -2.21. The summed E-state index contributed by atoms with van der Waals surface area (Å²) in [6.07, 6.45) is 5.62. The van der Waals surface area contributed by atoms with Gasteiger partial charge in [-0.2, -0.15) is 0 Å². The second-order valence-electron chi connectivity index (χ2n) is 3.10. The molecule has 0 radical (unpaired) electrons. The quantitative estimate of drug-likeness (QED) is 0.753. The van der Waals surface area contributed by atoms with E-state index in [0.717, 1.165) is 25.3 Å². The zero-order valence-electron chi connectivity index (χ0n) is 8.70. The fourth-order valence-corrected chi connectivity index (χ4v) is 1.51. The van der Waals surface area contributed by atoms with Crippen molar-refractivity contribution in [3.63, 3.8) is 0 Å². The smallest absolute Gasteiger partial charge is 0.171 e. The highest BCUT2D eigenvalue weighted by Gasteiger charge is 2.09. The van der Waals surface area contributed by atoms with Crippen LogP contribution in [0.1, 0.15) is 26.7 Å². The molecule has 0 aliphatic carbocycles. The van der Waals surface area contributed by atoms with Gasteiger partial charge in [-0.15, -0.1) is 0 Å². The first-order chi connectivity index (χ1) is 6.79. The van der Waals surface area contributed by atoms with Crippen LogP contribution in [0.25, 0.3) is 0 Å². The van der Waals surface area contributed by atoms with Crippen LogP contribution in [-0.2, 0) is 0 Å². The van der Waals surface area contributed by atoms with Crippen LogP contribution in [0.4, 0.5) is 5.82 Å². The van der Waals surface area contributed by atoms with Gasteiger partial charge in [-0.05, 0) is 13.3 Å². The minimum atomic E-state index is 0.491. The molecule has 0 saturated carbocycles. The van der Waals surface area contributed by atoms with Gasteiger partial charge >= 0.3 is 0 Å². The Morgan fingerprint density at radius 2 is 2.00 bits per heavy atom. The van der Waals surface area contributed by atoms with Gasteiger partial charge in [-0.3, -0.25) is 0 Å². The van der Waals surface area contributed by atoms with E-state index in [9.17, 15) is 0 Å². The molecule has 0 unspecified atom stereocenters. The fourth-order valence-electron chi connectivity index (χ4n) is 1.29. The van der Waals surface area contributed by atoms with Crippen LogP contribution in [0.2, 0.25) is 5.15 Å². The Hall–Kier alpha value is -0.830. The Morgan fingerprint density at radius 3 is 2.57 bits per heavy atom. The highest BCUT2D eigenvalue weighted by molar-refractivity contribution is 6.31. The van der Waals surface area contributed by atoms with Crippen LogP contribution in [-0.4, -0.2) is 23.1 Å². The Balaban J connectivity index is 2.73. The SMILES string of the molecule is CCCCN(CC)c1nccnc1Cl. The van der Waals surface area contributed by atoms with E-state index >= 15 is 0 Å². The predicted octanol–water partition coefficient (Wildman–Crippen LogP) is 2.76. The zero-order chi connectivity index (χ0) is 10.4. The molecule has 0 spiro atoms. The third-order valence-corrected chi connectivity index (χ3v) is 2.37. The van der Waals surface area contributed by atoms with Crippen LogP contribution >= 0.6 is 11.6 Å². The molecule has 3 nitrogen and oxygen atoms in total. The minimum absolute atomic E-state index is 0.491. The molecule has 0 aliphatic heterocycles. The summed E-state index contributed by atoms with van der Waals surface area (Å²) >= 11 is 5.96. The Morgan fingerprint density at radius 1 is 1.29 bits per heavy atom. The lowest BCUT2D eigenvalue weighted by atomic mass is 10.3. The lowest BCUT2D eigenvalue weighted by molar-refractivity contribution is 0.722. The van der Waals surface area contributed by atoms with Gasteiger partial charge in [0.25, 0.3) is 0 Å². The number of aromatic nitrogens is 2. The van der Waals surface area contributed by atoms with E-state index < -0.39 is 0 Å². The van der Waals surface area contributed by atoms with Crippen molar-refractivity contribution in [2.24, 2.45) is 0 Å². The van der Waals surface area contributed by atoms with E-state index in [1.807, 2.05) is 0 Å². The van der Waals surface area contributed by atoms with Gasteiger partial charge < -0.3 is 4.90 Å². The van der Waals surface area contributed by atoms with E-state index in [2.05, 4.69) is 28.7 Å². The van der Waals surface area contributed by atoms with Crippen molar-refractivity contribution in [2.45, 2.75) is 26.7 Å². The van der Waals surface area contributed by atoms with Crippen molar-refractivity contribution < 1.29 is 0 Å². The maximum absolute atomic E-state index is 5.96. The molecule has 0 saturated heterocycles. The van der Waals surface area contributed by atoms with E-state index in [4.69, 9.17) is 11.6 Å². The third-order valence-electron chi connectivity index (χ3n) is 2.10. The molecular formula is C10H16ClN3. The molecular weight excluding hydrogens is 198 g/mol. The van der Waals surface area contributed by atoms with Crippen LogP contribution in [0.3, 0.4) is 0 Å². The molecule has 0 aliphatic rings. The van der Waals surface area contributed by atoms with E-state index in [-0.39, 0.29) is 0 Å². The topological polar surface area (TPSA) is 29.0 Å². The number of anilines is 1. The highest BCUT2D eigenvalue weighted by atomic mass is 35.5. The van der Waals surface area contributed by atoms with Crippen molar-refractivity contribution in [1.29, 1.82) is 0 Å². The molecule has 14 heavy (non-hydrogen) atoms. The van der Waals surface area contributed by atoms with Gasteiger partial charge in [-0.25, -0.2) is 9.97 Å². The van der Waals surface area contributed by atoms with E-state index in [1.54, 1.807) is 12.4 Å². The average Bonchev–Trinajstić information content (AvgIpc) is 2.21. The molecule has 0 N–H and O–H groups in total. The molecule has 0 amide bonds. The molecule has 78 valence electrons. The van der Waals surface area contributed by atoms with Crippen molar-refractivity contribution >= 4 is 17.4 Å². The number of hydrogen-bond acceptors (Lipinski definition) is 3. The summed E-state index contributed by atoms with van der Waals surface area (Å²) < 4.78 is 0. The summed E-state index contributed by atoms with van der Waals surface area (Å²) in [5, 5.41) is 0.491. The van der Waals surface area contributed by atoms with Crippen molar-refractivity contribution in [3.8, 4) is 0 Å². The zero-order valence-corrected chi connectivity index (χ0v) is 9.46. The molecule has 0 bridgehead atoms. The highest BCUT2D eigenvalue weighted by Crippen LogP contribution is 2.19. The standard InChI is InChI=1S/C10H16ClN3/c1-3-5-8-14(4-2)10-9(11)12-6-7-13-10/h6-7H,3-5,8H2,1-2H3. The monoisotopic (exact) mass is 213 g/mol. The summed E-state index contributed by atoms with van der Waals surface area (Å²) in [7, 11) is 0. The van der Waals surface area contributed by atoms with Gasteiger partial charge in [0.1, 0.15) is 0 Å². The Kier molecular flexibility index (Phi) is 4.66. The van der Waals surface area contributed by atoms with Gasteiger partial charge in [0.2, 0.25) is 0 Å². The van der Waals surface area contributed by atoms with Gasteiger partial charge in [0.15, 0.2) is 11.0 Å². The molecule has 0 aromatic carbocycles. The lowest BCUT2D eigenvalue weighted by Crippen LogP contribution is -2.25. The molecule has 4 heteroatoms. The molecule has 1 aromatic heterocycles. The number of halogens is 1. The summed E-state index contributed by atoms with van der Waals surface area (Å²) in [4.78, 5) is 10.4. The Labute approximate surface area is 90.1 Å². The molecule has 1 rings (SSSR count). The molecule has 1 aromatic rings. The summed E-state index contributed by atoms with van der Waals surface area (Å²) in [6, 6.07) is 0. The second-order valence-corrected chi connectivity index (χ2v) is 3.46. The number of rotatable bonds is 5.